The van der Waals surface area contributed by atoms with E-state index < -0.39 is 15.6 Å². The number of H-pyrrole nitrogens is 1. The molecule has 0 spiro atoms. The Morgan fingerprint density at radius 3 is 2.43 bits per heavy atom. The van der Waals surface area contributed by atoms with Gasteiger partial charge in [-0.15, -0.1) is 5.10 Å². The second-order valence-electron chi connectivity index (χ2n) is 9.33. The molecule has 8 nitrogen and oxygen atoms in total. The largest absolute Gasteiger partial charge is 0.390 e. The number of fused-ring (bicyclic) bond motifs is 2. The number of sulfonamides is 1. The van der Waals surface area contributed by atoms with Gasteiger partial charge in [-0.2, -0.15) is 9.29 Å². The number of hydrogen-bond acceptors (Lipinski definition) is 6. The third kappa shape index (κ3) is 3.33. The second kappa shape index (κ2) is 7.03. The van der Waals surface area contributed by atoms with E-state index >= 15 is 0 Å². The third-order valence-corrected chi connectivity index (χ3v) is 8.59. The minimum Gasteiger partial charge on any atom is -0.390 e. The highest BCUT2D eigenvalue weighted by Crippen LogP contribution is 2.39. The third-order valence-electron chi connectivity index (χ3n) is 6.91. The van der Waals surface area contributed by atoms with Crippen LogP contribution in [0.4, 0.5) is 11.6 Å². The van der Waals surface area contributed by atoms with E-state index in [1.54, 1.807) is 13.8 Å². The Labute approximate surface area is 177 Å². The van der Waals surface area contributed by atoms with Crippen molar-refractivity contribution in [2.75, 3.05) is 18.4 Å². The molecule has 1 atom stereocenters. The summed E-state index contributed by atoms with van der Waals surface area (Å²) in [5, 5.41) is 20.2. The van der Waals surface area contributed by atoms with Gasteiger partial charge in [0.2, 0.25) is 5.95 Å². The average Bonchev–Trinajstić information content (AvgIpc) is 3.45. The van der Waals surface area contributed by atoms with Gasteiger partial charge in [-0.3, -0.25) is 0 Å². The number of anilines is 2. The van der Waals surface area contributed by atoms with Crippen LogP contribution in [0.25, 0.3) is 0 Å². The summed E-state index contributed by atoms with van der Waals surface area (Å²) in [6, 6.07) is 2.36. The highest BCUT2D eigenvalue weighted by atomic mass is 32.2. The molecule has 2 aliphatic carbocycles. The maximum Gasteiger partial charge on any atom is 0.278 e. The molecule has 1 aromatic carbocycles. The van der Waals surface area contributed by atoms with E-state index in [1.807, 2.05) is 0 Å². The van der Waals surface area contributed by atoms with Gasteiger partial charge >= 0.3 is 0 Å². The molecule has 1 fully saturated rings. The van der Waals surface area contributed by atoms with Crippen molar-refractivity contribution in [2.45, 2.75) is 69.6 Å². The smallest absolute Gasteiger partial charge is 0.278 e. The molecular formula is C21H29N5O3S. The fourth-order valence-electron chi connectivity index (χ4n) is 5.14. The zero-order valence-corrected chi connectivity index (χ0v) is 18.3. The molecule has 0 radical (unpaired) electrons. The topological polar surface area (TPSA) is 111 Å². The zero-order valence-electron chi connectivity index (χ0n) is 17.5. The summed E-state index contributed by atoms with van der Waals surface area (Å²) in [7, 11) is -3.77. The molecule has 162 valence electrons. The van der Waals surface area contributed by atoms with Gasteiger partial charge in [0.1, 0.15) is 0 Å². The summed E-state index contributed by atoms with van der Waals surface area (Å²) < 4.78 is 27.4. The van der Waals surface area contributed by atoms with Crippen LogP contribution in [0.1, 0.15) is 55.4 Å². The van der Waals surface area contributed by atoms with Gasteiger partial charge in [0, 0.05) is 24.7 Å². The predicted molar refractivity (Wildman–Crippen MR) is 113 cm³/mol. The van der Waals surface area contributed by atoms with Gasteiger partial charge in [-0.25, -0.2) is 13.5 Å². The lowest BCUT2D eigenvalue weighted by atomic mass is 9.91. The standard InChI is InChI=1S/C21H29N5O3S/c1-21(2,27)15-9-10-26(12-15)30(28,29)20-23-19(24-25-20)22-18-16-7-3-5-13(16)11-14-6-4-8-17(14)18/h11,15,27H,3-10,12H2,1-2H3,(H2,22,23,24,25)/t15-/m0/s1. The summed E-state index contributed by atoms with van der Waals surface area (Å²) in [6.45, 7) is 4.11. The van der Waals surface area contributed by atoms with Gasteiger partial charge in [0.15, 0.2) is 0 Å². The van der Waals surface area contributed by atoms with Gasteiger partial charge in [0.05, 0.1) is 5.60 Å². The molecular weight excluding hydrogens is 402 g/mol. The van der Waals surface area contributed by atoms with E-state index in [4.69, 9.17) is 0 Å². The molecule has 0 saturated carbocycles. The molecule has 0 bridgehead atoms. The first-order chi connectivity index (χ1) is 14.2. The normalized spacial score (nSPS) is 21.8. The van der Waals surface area contributed by atoms with Crippen LogP contribution in [0.2, 0.25) is 0 Å². The lowest BCUT2D eigenvalue weighted by Crippen LogP contribution is -2.35. The highest BCUT2D eigenvalue weighted by Gasteiger charge is 2.40. The van der Waals surface area contributed by atoms with Crippen LogP contribution < -0.4 is 5.32 Å². The maximum absolute atomic E-state index is 13.0. The Morgan fingerprint density at radius 1 is 1.17 bits per heavy atom. The molecule has 3 aliphatic rings. The number of hydrogen-bond donors (Lipinski definition) is 3. The Balaban J connectivity index is 1.40. The van der Waals surface area contributed by atoms with Crippen LogP contribution in [0, 0.1) is 5.92 Å². The van der Waals surface area contributed by atoms with E-state index in [2.05, 4.69) is 26.6 Å². The quantitative estimate of drug-likeness (QED) is 0.670. The maximum atomic E-state index is 13.0. The van der Waals surface area contributed by atoms with Crippen LogP contribution in [0.15, 0.2) is 11.2 Å². The SMILES string of the molecule is CC(C)(O)[C@H]1CCN(S(=O)(=O)c2nc(Nc3c4c(cc5c3CCC5)CCC4)n[nH]2)C1. The molecule has 1 saturated heterocycles. The van der Waals surface area contributed by atoms with Crippen molar-refractivity contribution < 1.29 is 13.5 Å². The van der Waals surface area contributed by atoms with Crippen molar-refractivity contribution >= 4 is 21.7 Å². The second-order valence-corrected chi connectivity index (χ2v) is 11.2. The predicted octanol–water partition coefficient (Wildman–Crippen LogP) is 2.31. The molecule has 30 heavy (non-hydrogen) atoms. The van der Waals surface area contributed by atoms with Gasteiger partial charge in [-0.1, -0.05) is 6.07 Å². The zero-order chi connectivity index (χ0) is 21.1. The van der Waals surface area contributed by atoms with Crippen LogP contribution in [-0.2, 0) is 35.7 Å². The van der Waals surface area contributed by atoms with Crippen molar-refractivity contribution in [1.82, 2.24) is 19.5 Å². The number of aromatic amines is 1. The number of aromatic nitrogens is 3. The fraction of sp³-hybridized carbons (Fsp3) is 0.619. The van der Waals surface area contributed by atoms with Crippen molar-refractivity contribution in [3.8, 4) is 0 Å². The van der Waals surface area contributed by atoms with Crippen LogP contribution in [0.5, 0.6) is 0 Å². The average molecular weight is 432 g/mol. The highest BCUT2D eigenvalue weighted by molar-refractivity contribution is 7.89. The fourth-order valence-corrected chi connectivity index (χ4v) is 6.47. The molecule has 3 N–H and O–H groups in total. The summed E-state index contributed by atoms with van der Waals surface area (Å²) in [5.74, 6) is 0.198. The van der Waals surface area contributed by atoms with Crippen LogP contribution in [-0.4, -0.2) is 51.7 Å². The molecule has 2 heterocycles. The van der Waals surface area contributed by atoms with E-state index in [9.17, 15) is 13.5 Å². The lowest BCUT2D eigenvalue weighted by Gasteiger charge is -2.25. The molecule has 1 aliphatic heterocycles. The first kappa shape index (κ1) is 20.0. The first-order valence-corrected chi connectivity index (χ1v) is 12.3. The molecule has 9 heteroatoms. The summed E-state index contributed by atoms with van der Waals surface area (Å²) in [4.78, 5) is 4.29. The molecule has 5 rings (SSSR count). The van der Waals surface area contributed by atoms with Crippen LogP contribution in [0.3, 0.4) is 0 Å². The van der Waals surface area contributed by atoms with Crippen molar-refractivity contribution in [3.05, 3.63) is 28.3 Å². The van der Waals surface area contributed by atoms with Gasteiger partial charge < -0.3 is 10.4 Å². The van der Waals surface area contributed by atoms with Crippen LogP contribution >= 0.6 is 0 Å². The molecule has 0 unspecified atom stereocenters. The van der Waals surface area contributed by atoms with E-state index in [0.717, 1.165) is 44.2 Å². The Kier molecular flexibility index (Phi) is 4.68. The van der Waals surface area contributed by atoms with E-state index in [-0.39, 0.29) is 17.6 Å². The molecule has 2 aromatic rings. The van der Waals surface area contributed by atoms with Crippen molar-refractivity contribution in [1.29, 1.82) is 0 Å². The Bertz CT molecular complexity index is 1050. The molecule has 0 amide bonds. The van der Waals surface area contributed by atoms with E-state index in [0.29, 0.717) is 18.9 Å². The number of aryl methyl sites for hydroxylation is 2. The van der Waals surface area contributed by atoms with Gasteiger partial charge in [0.25, 0.3) is 15.2 Å². The minimum absolute atomic E-state index is 0.0951. The van der Waals surface area contributed by atoms with Crippen molar-refractivity contribution in [3.63, 3.8) is 0 Å². The van der Waals surface area contributed by atoms with Gasteiger partial charge in [-0.05, 0) is 81.0 Å². The van der Waals surface area contributed by atoms with Crippen molar-refractivity contribution in [2.24, 2.45) is 5.92 Å². The summed E-state index contributed by atoms with van der Waals surface area (Å²) in [5.41, 5.74) is 5.64. The number of rotatable bonds is 5. The number of nitrogens with one attached hydrogen (secondary N) is 2. The Hall–Kier alpha value is -1.97. The Morgan fingerprint density at radius 2 is 1.83 bits per heavy atom. The first-order valence-electron chi connectivity index (χ1n) is 10.8. The minimum atomic E-state index is -3.77. The number of nitrogens with zero attached hydrogens (tertiary/aromatic N) is 3. The monoisotopic (exact) mass is 431 g/mol. The lowest BCUT2D eigenvalue weighted by molar-refractivity contribution is 0.0236. The molecule has 1 aromatic heterocycles. The summed E-state index contributed by atoms with van der Waals surface area (Å²) in [6.07, 6.45) is 7.20. The number of benzene rings is 1. The number of aliphatic hydroxyl groups is 1. The summed E-state index contributed by atoms with van der Waals surface area (Å²) >= 11 is 0. The van der Waals surface area contributed by atoms with E-state index in [1.165, 1.54) is 26.6 Å².